The summed E-state index contributed by atoms with van der Waals surface area (Å²) in [6, 6.07) is 0. The Morgan fingerprint density at radius 2 is 2.46 bits per heavy atom. The van der Waals surface area contributed by atoms with Crippen molar-refractivity contribution in [2.24, 2.45) is 0 Å². The van der Waals surface area contributed by atoms with Crippen LogP contribution in [-0.2, 0) is 6.54 Å². The Balaban J connectivity index is 1.97. The zero-order valence-electron chi connectivity index (χ0n) is 7.36. The van der Waals surface area contributed by atoms with E-state index < -0.39 is 0 Å². The second kappa shape index (κ2) is 3.55. The van der Waals surface area contributed by atoms with E-state index in [4.69, 9.17) is 5.41 Å². The summed E-state index contributed by atoms with van der Waals surface area (Å²) in [6.45, 7) is 1.54. The van der Waals surface area contributed by atoms with Crippen molar-refractivity contribution in [1.82, 2.24) is 15.0 Å². The van der Waals surface area contributed by atoms with Gasteiger partial charge in [-0.25, -0.2) is 0 Å². The molecule has 2 heterocycles. The monoisotopic (exact) mass is 180 g/mol. The Hall–Kier alpha value is -1.39. The lowest BCUT2D eigenvalue weighted by atomic mass is 10.1. The molecule has 0 saturated carbocycles. The van der Waals surface area contributed by atoms with E-state index >= 15 is 0 Å². The summed E-state index contributed by atoms with van der Waals surface area (Å²) in [7, 11) is 0. The molecule has 1 aliphatic rings. The Morgan fingerprint density at radius 3 is 3.15 bits per heavy atom. The van der Waals surface area contributed by atoms with Crippen LogP contribution in [0.25, 0.3) is 0 Å². The van der Waals surface area contributed by atoms with E-state index in [1.807, 2.05) is 4.90 Å². The van der Waals surface area contributed by atoms with E-state index in [9.17, 15) is 0 Å². The van der Waals surface area contributed by atoms with Gasteiger partial charge in [-0.2, -0.15) is 4.98 Å². The van der Waals surface area contributed by atoms with Gasteiger partial charge in [-0.1, -0.05) is 5.16 Å². The van der Waals surface area contributed by atoms with Gasteiger partial charge < -0.3 is 9.42 Å². The Kier molecular flexibility index (Phi) is 2.25. The average Bonchev–Trinajstić information content (AvgIpc) is 2.61. The fraction of sp³-hybridized carbons (Fsp3) is 0.625. The summed E-state index contributed by atoms with van der Waals surface area (Å²) in [5, 5.41) is 11.4. The van der Waals surface area contributed by atoms with Crippen LogP contribution in [0.4, 0.5) is 0 Å². The number of aromatic nitrogens is 2. The third kappa shape index (κ3) is 1.85. The van der Waals surface area contributed by atoms with Gasteiger partial charge in [-0.15, -0.1) is 0 Å². The van der Waals surface area contributed by atoms with Gasteiger partial charge in [0.2, 0.25) is 6.39 Å². The van der Waals surface area contributed by atoms with Crippen molar-refractivity contribution in [3.05, 3.63) is 12.2 Å². The molecule has 1 aromatic rings. The van der Waals surface area contributed by atoms with Gasteiger partial charge in [0.15, 0.2) is 5.82 Å². The molecule has 5 nitrogen and oxygen atoms in total. The largest absolute Gasteiger partial charge is 0.353 e. The van der Waals surface area contributed by atoms with E-state index in [1.165, 1.54) is 6.39 Å². The fourth-order valence-corrected chi connectivity index (χ4v) is 1.50. The molecule has 1 fully saturated rings. The Morgan fingerprint density at radius 1 is 1.54 bits per heavy atom. The third-order valence-electron chi connectivity index (χ3n) is 2.21. The first-order valence-electron chi connectivity index (χ1n) is 4.44. The molecule has 1 aromatic heterocycles. The lowest BCUT2D eigenvalue weighted by molar-refractivity contribution is 0.339. The second-order valence-corrected chi connectivity index (χ2v) is 3.17. The first-order valence-corrected chi connectivity index (χ1v) is 4.44. The van der Waals surface area contributed by atoms with Crippen LogP contribution >= 0.6 is 0 Å². The highest BCUT2D eigenvalue weighted by Crippen LogP contribution is 2.12. The standard InChI is InChI=1S/C8H12N4O/c9-7-3-1-2-4-12(7)5-8-10-6-13-11-8/h6,9H,1-5H2. The molecule has 0 radical (unpaired) electrons. The van der Waals surface area contributed by atoms with Crippen LogP contribution in [0.1, 0.15) is 25.1 Å². The number of nitrogens with one attached hydrogen (secondary N) is 1. The summed E-state index contributed by atoms with van der Waals surface area (Å²) >= 11 is 0. The quantitative estimate of drug-likeness (QED) is 0.738. The van der Waals surface area contributed by atoms with Crippen molar-refractivity contribution in [3.8, 4) is 0 Å². The summed E-state index contributed by atoms with van der Waals surface area (Å²) < 4.78 is 4.63. The first-order chi connectivity index (χ1) is 6.36. The molecule has 1 saturated heterocycles. The molecule has 1 aliphatic heterocycles. The summed E-state index contributed by atoms with van der Waals surface area (Å²) in [4.78, 5) is 5.92. The maximum absolute atomic E-state index is 7.69. The lowest BCUT2D eigenvalue weighted by Gasteiger charge is -2.27. The predicted molar refractivity (Wildman–Crippen MR) is 46.3 cm³/mol. The topological polar surface area (TPSA) is 66.0 Å². The molecule has 0 atom stereocenters. The molecule has 0 unspecified atom stereocenters. The molecule has 0 spiro atoms. The number of amidine groups is 1. The normalized spacial score (nSPS) is 17.8. The van der Waals surface area contributed by atoms with Crippen molar-refractivity contribution < 1.29 is 4.52 Å². The predicted octanol–water partition coefficient (Wildman–Crippen LogP) is 1.03. The molecule has 0 aliphatic carbocycles. The average molecular weight is 180 g/mol. The van der Waals surface area contributed by atoms with E-state index in [-0.39, 0.29) is 0 Å². The van der Waals surface area contributed by atoms with Crippen molar-refractivity contribution in [1.29, 1.82) is 5.41 Å². The molecular formula is C8H12N4O. The van der Waals surface area contributed by atoms with E-state index in [2.05, 4.69) is 14.7 Å². The van der Waals surface area contributed by atoms with E-state index in [0.717, 1.165) is 25.8 Å². The van der Waals surface area contributed by atoms with Crippen molar-refractivity contribution >= 4 is 5.84 Å². The smallest absolute Gasteiger partial charge is 0.213 e. The highest BCUT2D eigenvalue weighted by molar-refractivity contribution is 5.79. The highest BCUT2D eigenvalue weighted by atomic mass is 16.5. The van der Waals surface area contributed by atoms with Crippen LogP contribution in [0.5, 0.6) is 0 Å². The molecule has 0 amide bonds. The van der Waals surface area contributed by atoms with Gasteiger partial charge in [0.25, 0.3) is 0 Å². The molecule has 0 bridgehead atoms. The van der Waals surface area contributed by atoms with Crippen LogP contribution in [0.3, 0.4) is 0 Å². The first kappa shape index (κ1) is 8.22. The van der Waals surface area contributed by atoms with Crippen LogP contribution in [-0.4, -0.2) is 27.4 Å². The molecule has 13 heavy (non-hydrogen) atoms. The van der Waals surface area contributed by atoms with Gasteiger partial charge in [-0.3, -0.25) is 5.41 Å². The molecule has 1 N–H and O–H groups in total. The third-order valence-corrected chi connectivity index (χ3v) is 2.21. The van der Waals surface area contributed by atoms with Crippen molar-refractivity contribution in [2.45, 2.75) is 25.8 Å². The zero-order valence-corrected chi connectivity index (χ0v) is 7.36. The second-order valence-electron chi connectivity index (χ2n) is 3.17. The number of hydrogen-bond acceptors (Lipinski definition) is 4. The molecule has 70 valence electrons. The Bertz CT molecular complexity index is 282. The number of piperidine rings is 1. The Labute approximate surface area is 76.2 Å². The van der Waals surface area contributed by atoms with Crippen LogP contribution in [0, 0.1) is 5.41 Å². The van der Waals surface area contributed by atoms with Crippen LogP contribution in [0.2, 0.25) is 0 Å². The fourth-order valence-electron chi connectivity index (χ4n) is 1.50. The minimum absolute atomic E-state index is 0.606. The van der Waals surface area contributed by atoms with E-state index in [1.54, 1.807) is 0 Å². The number of nitrogens with zero attached hydrogens (tertiary/aromatic N) is 3. The maximum atomic E-state index is 7.69. The van der Waals surface area contributed by atoms with Crippen molar-refractivity contribution in [3.63, 3.8) is 0 Å². The number of likely N-dealkylation sites (tertiary alicyclic amines) is 1. The van der Waals surface area contributed by atoms with Crippen LogP contribution in [0.15, 0.2) is 10.9 Å². The van der Waals surface area contributed by atoms with Crippen molar-refractivity contribution in [2.75, 3.05) is 6.54 Å². The van der Waals surface area contributed by atoms with Gasteiger partial charge in [0.05, 0.1) is 12.4 Å². The molecule has 5 heteroatoms. The highest BCUT2D eigenvalue weighted by Gasteiger charge is 2.16. The molecular weight excluding hydrogens is 168 g/mol. The maximum Gasteiger partial charge on any atom is 0.213 e. The number of rotatable bonds is 2. The van der Waals surface area contributed by atoms with Gasteiger partial charge in [0, 0.05) is 13.0 Å². The van der Waals surface area contributed by atoms with Gasteiger partial charge >= 0.3 is 0 Å². The SMILES string of the molecule is N=C1CCCCN1Cc1ncon1. The summed E-state index contributed by atoms with van der Waals surface area (Å²) in [5.41, 5.74) is 0. The van der Waals surface area contributed by atoms with Gasteiger partial charge in [0.1, 0.15) is 0 Å². The molecule has 0 aromatic carbocycles. The minimum Gasteiger partial charge on any atom is -0.353 e. The summed E-state index contributed by atoms with van der Waals surface area (Å²) in [5.74, 6) is 1.35. The van der Waals surface area contributed by atoms with Crippen LogP contribution < -0.4 is 0 Å². The lowest BCUT2D eigenvalue weighted by Crippen LogP contribution is -2.34. The number of hydrogen-bond donors (Lipinski definition) is 1. The minimum atomic E-state index is 0.606. The molecule has 2 rings (SSSR count). The van der Waals surface area contributed by atoms with E-state index in [0.29, 0.717) is 18.2 Å². The van der Waals surface area contributed by atoms with Gasteiger partial charge in [-0.05, 0) is 12.8 Å². The zero-order chi connectivity index (χ0) is 9.10. The summed E-state index contributed by atoms with van der Waals surface area (Å²) in [6.07, 6.45) is 4.47.